The van der Waals surface area contributed by atoms with E-state index in [-0.39, 0.29) is 12.0 Å². The summed E-state index contributed by atoms with van der Waals surface area (Å²) in [4.78, 5) is 27.4. The molecule has 2 aromatic rings. The third-order valence-electron chi connectivity index (χ3n) is 2.33. The van der Waals surface area contributed by atoms with E-state index in [0.717, 1.165) is 5.69 Å². The van der Waals surface area contributed by atoms with Crippen LogP contribution >= 0.6 is 0 Å². The molecule has 0 unspecified atom stereocenters. The zero-order valence-corrected chi connectivity index (χ0v) is 9.69. The Labute approximate surface area is 97.2 Å². The van der Waals surface area contributed by atoms with E-state index in [1.165, 1.54) is 10.7 Å². The summed E-state index contributed by atoms with van der Waals surface area (Å²) in [6, 6.07) is 1.76. The van der Waals surface area contributed by atoms with Crippen LogP contribution in [0.2, 0.25) is 0 Å². The summed E-state index contributed by atoms with van der Waals surface area (Å²) in [5, 5.41) is 2.86. The fourth-order valence-corrected chi connectivity index (χ4v) is 1.61. The molecule has 0 saturated heterocycles. The third-order valence-corrected chi connectivity index (χ3v) is 2.33. The number of aromatic amines is 1. The van der Waals surface area contributed by atoms with Gasteiger partial charge in [-0.2, -0.15) is 0 Å². The number of esters is 1. The van der Waals surface area contributed by atoms with E-state index in [0.29, 0.717) is 17.8 Å². The van der Waals surface area contributed by atoms with Crippen LogP contribution in [0.25, 0.3) is 5.65 Å². The molecule has 0 spiro atoms. The lowest BCUT2D eigenvalue weighted by molar-refractivity contribution is -0.142. The highest BCUT2D eigenvalue weighted by Gasteiger charge is 2.11. The Morgan fingerprint density at radius 1 is 1.59 bits per heavy atom. The van der Waals surface area contributed by atoms with Gasteiger partial charge in [0.15, 0.2) is 5.65 Å². The van der Waals surface area contributed by atoms with Crippen LogP contribution in [-0.2, 0) is 16.0 Å². The minimum atomic E-state index is -0.422. The quantitative estimate of drug-likeness (QED) is 0.783. The number of fused-ring (bicyclic) bond motifs is 1. The number of ether oxygens (including phenoxy) is 1. The molecule has 0 aliphatic heterocycles. The smallest absolute Gasteiger partial charge is 0.310 e. The van der Waals surface area contributed by atoms with Crippen molar-refractivity contribution in [1.29, 1.82) is 0 Å². The predicted octanol–water partition coefficient (Wildman–Crippen LogP) is 0.437. The average molecular weight is 235 g/mol. The second kappa shape index (κ2) is 4.40. The first-order valence-corrected chi connectivity index (χ1v) is 5.33. The number of rotatable bonds is 3. The molecule has 0 radical (unpaired) electrons. The van der Waals surface area contributed by atoms with Crippen LogP contribution < -0.4 is 5.56 Å². The van der Waals surface area contributed by atoms with Gasteiger partial charge in [-0.25, -0.2) is 9.50 Å². The average Bonchev–Trinajstić information content (AvgIpc) is 2.64. The number of nitrogens with one attached hydrogen (secondary N) is 1. The van der Waals surface area contributed by atoms with E-state index in [4.69, 9.17) is 4.74 Å². The summed E-state index contributed by atoms with van der Waals surface area (Å²) in [6.45, 7) is 3.86. The highest BCUT2D eigenvalue weighted by atomic mass is 16.5. The van der Waals surface area contributed by atoms with E-state index < -0.39 is 5.97 Å². The molecule has 0 aliphatic rings. The number of nitrogens with zero attached hydrogens (tertiary/aromatic N) is 2. The molecular formula is C11H13N3O3. The van der Waals surface area contributed by atoms with Crippen molar-refractivity contribution in [3.63, 3.8) is 0 Å². The maximum atomic E-state index is 12.0. The topological polar surface area (TPSA) is 76.5 Å². The number of H-pyrrole nitrogens is 1. The summed E-state index contributed by atoms with van der Waals surface area (Å²) >= 11 is 0. The lowest BCUT2D eigenvalue weighted by Gasteiger charge is -2.01. The van der Waals surface area contributed by atoms with E-state index in [1.807, 2.05) is 6.92 Å². The lowest BCUT2D eigenvalue weighted by Crippen LogP contribution is -2.22. The normalized spacial score (nSPS) is 10.7. The first-order chi connectivity index (χ1) is 8.11. The van der Waals surface area contributed by atoms with Crippen molar-refractivity contribution in [3.8, 4) is 0 Å². The maximum Gasteiger partial charge on any atom is 0.310 e. The summed E-state index contributed by atoms with van der Waals surface area (Å²) in [7, 11) is 0. The monoisotopic (exact) mass is 235 g/mol. The molecule has 0 fully saturated rings. The molecule has 0 bridgehead atoms. The fraction of sp³-hybridized carbons (Fsp3) is 0.364. The first kappa shape index (κ1) is 11.4. The molecule has 90 valence electrons. The largest absolute Gasteiger partial charge is 0.466 e. The number of hydrogen-bond donors (Lipinski definition) is 1. The highest BCUT2D eigenvalue weighted by Crippen LogP contribution is 2.01. The Morgan fingerprint density at radius 3 is 3.06 bits per heavy atom. The molecular weight excluding hydrogens is 222 g/mol. The van der Waals surface area contributed by atoms with Crippen LogP contribution in [0.5, 0.6) is 0 Å². The molecule has 6 heteroatoms. The zero-order chi connectivity index (χ0) is 12.4. The maximum absolute atomic E-state index is 12.0. The number of aryl methyl sites for hydroxylation is 1. The van der Waals surface area contributed by atoms with E-state index in [1.54, 1.807) is 13.0 Å². The Hall–Kier alpha value is -2.11. The van der Waals surface area contributed by atoms with Gasteiger partial charge in [0.05, 0.1) is 13.0 Å². The molecule has 2 rings (SSSR count). The minimum absolute atomic E-state index is 0.0549. The van der Waals surface area contributed by atoms with Crippen molar-refractivity contribution < 1.29 is 9.53 Å². The van der Waals surface area contributed by atoms with Crippen molar-refractivity contribution >= 4 is 11.6 Å². The van der Waals surface area contributed by atoms with E-state index in [2.05, 4.69) is 10.1 Å². The van der Waals surface area contributed by atoms with Crippen molar-refractivity contribution in [2.75, 3.05) is 6.61 Å². The SMILES string of the molecule is CCOC(=O)Cc1cnc2cc(C)[nH]n2c1=O. The van der Waals surface area contributed by atoms with E-state index >= 15 is 0 Å². The van der Waals surface area contributed by atoms with Crippen molar-refractivity contribution in [2.24, 2.45) is 0 Å². The Balaban J connectivity index is 2.39. The molecule has 0 aliphatic carbocycles. The van der Waals surface area contributed by atoms with Gasteiger partial charge in [0.1, 0.15) is 0 Å². The molecule has 0 atom stereocenters. The zero-order valence-electron chi connectivity index (χ0n) is 9.69. The van der Waals surface area contributed by atoms with Crippen LogP contribution in [0.4, 0.5) is 0 Å². The number of carbonyl (C=O) groups excluding carboxylic acids is 1. The summed E-state index contributed by atoms with van der Waals surface area (Å²) in [5.41, 5.74) is 1.43. The van der Waals surface area contributed by atoms with Gasteiger partial charge in [-0.3, -0.25) is 14.7 Å². The summed E-state index contributed by atoms with van der Waals surface area (Å²) in [6.07, 6.45) is 1.36. The molecule has 0 amide bonds. The van der Waals surface area contributed by atoms with Crippen LogP contribution in [0, 0.1) is 6.92 Å². The molecule has 2 heterocycles. The van der Waals surface area contributed by atoms with Crippen molar-refractivity contribution in [1.82, 2.24) is 14.6 Å². The fourth-order valence-electron chi connectivity index (χ4n) is 1.61. The van der Waals surface area contributed by atoms with Gasteiger partial charge in [0.2, 0.25) is 0 Å². The molecule has 2 aromatic heterocycles. The second-order valence-corrected chi connectivity index (χ2v) is 3.70. The molecule has 17 heavy (non-hydrogen) atoms. The number of aromatic nitrogens is 3. The number of hydrogen-bond acceptors (Lipinski definition) is 4. The lowest BCUT2D eigenvalue weighted by atomic mass is 10.2. The molecule has 1 N–H and O–H groups in total. The van der Waals surface area contributed by atoms with Gasteiger partial charge in [-0.05, 0) is 13.8 Å². The van der Waals surface area contributed by atoms with Crippen LogP contribution in [0.1, 0.15) is 18.2 Å². The molecule has 6 nitrogen and oxygen atoms in total. The molecule has 0 saturated carbocycles. The second-order valence-electron chi connectivity index (χ2n) is 3.70. The van der Waals surface area contributed by atoms with Crippen LogP contribution in [0.3, 0.4) is 0 Å². The standard InChI is InChI=1S/C11H13N3O3/c1-3-17-10(15)5-8-6-12-9-4-7(2)13-14(9)11(8)16/h4,6,13H,3,5H2,1-2H3. The summed E-state index contributed by atoms with van der Waals surface area (Å²) in [5.74, 6) is -0.422. The van der Waals surface area contributed by atoms with Crippen molar-refractivity contribution in [2.45, 2.75) is 20.3 Å². The van der Waals surface area contributed by atoms with E-state index in [9.17, 15) is 9.59 Å². The Morgan fingerprint density at radius 2 is 2.35 bits per heavy atom. The Kier molecular flexibility index (Phi) is 2.95. The summed E-state index contributed by atoms with van der Waals surface area (Å²) < 4.78 is 6.12. The Bertz CT molecular complexity index is 612. The highest BCUT2D eigenvalue weighted by molar-refractivity contribution is 5.72. The number of carbonyl (C=O) groups is 1. The predicted molar refractivity (Wildman–Crippen MR) is 60.9 cm³/mol. The van der Waals surface area contributed by atoms with Gasteiger partial charge in [-0.1, -0.05) is 0 Å². The van der Waals surface area contributed by atoms with Gasteiger partial charge in [0.25, 0.3) is 5.56 Å². The third kappa shape index (κ3) is 2.20. The van der Waals surface area contributed by atoms with Crippen LogP contribution in [0.15, 0.2) is 17.1 Å². The first-order valence-electron chi connectivity index (χ1n) is 5.33. The van der Waals surface area contributed by atoms with Crippen molar-refractivity contribution in [3.05, 3.63) is 33.9 Å². The molecule has 0 aromatic carbocycles. The van der Waals surface area contributed by atoms with Crippen LogP contribution in [-0.4, -0.2) is 27.2 Å². The van der Waals surface area contributed by atoms with Gasteiger partial charge >= 0.3 is 5.97 Å². The van der Waals surface area contributed by atoms with Gasteiger partial charge in [0, 0.05) is 23.5 Å². The van der Waals surface area contributed by atoms with Gasteiger partial charge in [-0.15, -0.1) is 0 Å². The minimum Gasteiger partial charge on any atom is -0.466 e. The van der Waals surface area contributed by atoms with Gasteiger partial charge < -0.3 is 4.74 Å².